The van der Waals surface area contributed by atoms with Crippen LogP contribution < -0.4 is 10.1 Å². The van der Waals surface area contributed by atoms with Gasteiger partial charge in [0.25, 0.3) is 0 Å². The molecule has 1 heterocycles. The molecule has 1 N–H and O–H groups in total. The number of aryl methyl sites for hydroxylation is 1. The third-order valence-electron chi connectivity index (χ3n) is 3.40. The van der Waals surface area contributed by atoms with E-state index < -0.39 is 0 Å². The predicted octanol–water partition coefficient (Wildman–Crippen LogP) is 3.52. The van der Waals surface area contributed by atoms with Crippen molar-refractivity contribution < 1.29 is 4.74 Å². The first-order valence-electron chi connectivity index (χ1n) is 7.45. The predicted molar refractivity (Wildman–Crippen MR) is 85.5 cm³/mol. The van der Waals surface area contributed by atoms with Crippen LogP contribution in [0.15, 0.2) is 30.5 Å². The van der Waals surface area contributed by atoms with E-state index in [1.165, 1.54) is 0 Å². The van der Waals surface area contributed by atoms with Crippen molar-refractivity contribution in [2.45, 2.75) is 33.7 Å². The Kier molecular flexibility index (Phi) is 5.28. The van der Waals surface area contributed by atoms with Crippen molar-refractivity contribution in [2.24, 2.45) is 0 Å². The van der Waals surface area contributed by atoms with Gasteiger partial charge in [-0.1, -0.05) is 19.1 Å². The fourth-order valence-corrected chi connectivity index (χ4v) is 2.35. The van der Waals surface area contributed by atoms with Crippen molar-refractivity contribution >= 4 is 0 Å². The van der Waals surface area contributed by atoms with E-state index in [1.54, 1.807) is 0 Å². The van der Waals surface area contributed by atoms with Gasteiger partial charge < -0.3 is 10.1 Å². The lowest BCUT2D eigenvalue weighted by molar-refractivity contribution is 0.340. The molecule has 0 aliphatic heterocycles. The lowest BCUT2D eigenvalue weighted by Gasteiger charge is -2.15. The van der Waals surface area contributed by atoms with Crippen LogP contribution in [-0.4, -0.2) is 23.1 Å². The van der Waals surface area contributed by atoms with Crippen molar-refractivity contribution in [3.05, 3.63) is 41.7 Å². The van der Waals surface area contributed by atoms with Gasteiger partial charge in [0.05, 0.1) is 6.61 Å². The first-order valence-corrected chi connectivity index (χ1v) is 7.45. The molecule has 21 heavy (non-hydrogen) atoms. The fourth-order valence-electron chi connectivity index (χ4n) is 2.35. The van der Waals surface area contributed by atoms with E-state index >= 15 is 0 Å². The van der Waals surface area contributed by atoms with Gasteiger partial charge in [-0.3, -0.25) is 0 Å². The molecular weight excluding hydrogens is 262 g/mol. The van der Waals surface area contributed by atoms with Crippen LogP contribution in [0.3, 0.4) is 0 Å². The molecule has 1 atom stereocenters. The molecule has 0 fully saturated rings. The number of hydrogen-bond acceptors (Lipinski definition) is 4. The first-order chi connectivity index (χ1) is 10.2. The van der Waals surface area contributed by atoms with Gasteiger partial charge in [0.2, 0.25) is 0 Å². The summed E-state index contributed by atoms with van der Waals surface area (Å²) in [7, 11) is 0. The molecule has 2 rings (SSSR count). The standard InChI is InChI=1S/C17H23N3O/c1-5-18-12(3)16-11-19-17(20-13(16)4)14-8-7-9-15(10-14)21-6-2/h7-12,18H,5-6H2,1-4H3. The van der Waals surface area contributed by atoms with Gasteiger partial charge in [-0.15, -0.1) is 0 Å². The Bertz CT molecular complexity index is 598. The Hall–Kier alpha value is -1.94. The van der Waals surface area contributed by atoms with E-state index in [0.717, 1.165) is 34.9 Å². The Morgan fingerprint density at radius 2 is 2.10 bits per heavy atom. The average molecular weight is 285 g/mol. The molecule has 1 aromatic heterocycles. The number of aromatic nitrogens is 2. The molecule has 0 aliphatic rings. The van der Waals surface area contributed by atoms with Gasteiger partial charge in [0.15, 0.2) is 5.82 Å². The quantitative estimate of drug-likeness (QED) is 0.882. The van der Waals surface area contributed by atoms with Gasteiger partial charge >= 0.3 is 0 Å². The fraction of sp³-hybridized carbons (Fsp3) is 0.412. The van der Waals surface area contributed by atoms with Crippen LogP contribution in [0.25, 0.3) is 11.4 Å². The van der Waals surface area contributed by atoms with Gasteiger partial charge in [-0.25, -0.2) is 9.97 Å². The van der Waals surface area contributed by atoms with Crippen LogP contribution >= 0.6 is 0 Å². The smallest absolute Gasteiger partial charge is 0.159 e. The minimum absolute atomic E-state index is 0.263. The molecule has 4 heteroatoms. The average Bonchev–Trinajstić information content (AvgIpc) is 2.48. The van der Waals surface area contributed by atoms with Gasteiger partial charge in [-0.2, -0.15) is 0 Å². The zero-order chi connectivity index (χ0) is 15.2. The summed E-state index contributed by atoms with van der Waals surface area (Å²) in [4.78, 5) is 9.15. The van der Waals surface area contributed by atoms with Crippen LogP contribution in [0.4, 0.5) is 0 Å². The van der Waals surface area contributed by atoms with Crippen molar-refractivity contribution in [1.82, 2.24) is 15.3 Å². The van der Waals surface area contributed by atoms with E-state index in [-0.39, 0.29) is 6.04 Å². The lowest BCUT2D eigenvalue weighted by atomic mass is 10.1. The number of hydrogen-bond donors (Lipinski definition) is 1. The topological polar surface area (TPSA) is 47.0 Å². The molecule has 0 aliphatic carbocycles. The molecule has 0 radical (unpaired) electrons. The molecule has 1 unspecified atom stereocenters. The first kappa shape index (κ1) is 15.4. The zero-order valence-electron chi connectivity index (χ0n) is 13.2. The third kappa shape index (κ3) is 3.79. The molecule has 2 aromatic rings. The summed E-state index contributed by atoms with van der Waals surface area (Å²) in [5.41, 5.74) is 3.13. The second-order valence-electron chi connectivity index (χ2n) is 4.97. The molecule has 4 nitrogen and oxygen atoms in total. The van der Waals surface area contributed by atoms with Gasteiger partial charge in [0.1, 0.15) is 5.75 Å². The summed E-state index contributed by atoms with van der Waals surface area (Å²) < 4.78 is 5.53. The van der Waals surface area contributed by atoms with Crippen LogP contribution in [0.1, 0.15) is 38.1 Å². The van der Waals surface area contributed by atoms with Crippen molar-refractivity contribution in [3.8, 4) is 17.1 Å². The van der Waals surface area contributed by atoms with Crippen molar-refractivity contribution in [1.29, 1.82) is 0 Å². The van der Waals surface area contributed by atoms with E-state index in [1.807, 2.05) is 44.3 Å². The van der Waals surface area contributed by atoms with Crippen molar-refractivity contribution in [3.63, 3.8) is 0 Å². The number of rotatable bonds is 6. The highest BCUT2D eigenvalue weighted by molar-refractivity contribution is 5.57. The summed E-state index contributed by atoms with van der Waals surface area (Å²) in [5.74, 6) is 1.59. The maximum Gasteiger partial charge on any atom is 0.159 e. The minimum atomic E-state index is 0.263. The highest BCUT2D eigenvalue weighted by Crippen LogP contribution is 2.23. The van der Waals surface area contributed by atoms with Gasteiger partial charge in [-0.05, 0) is 39.4 Å². The lowest BCUT2D eigenvalue weighted by Crippen LogP contribution is -2.19. The molecular formula is C17H23N3O. The largest absolute Gasteiger partial charge is 0.494 e. The number of nitrogens with one attached hydrogen (secondary N) is 1. The Morgan fingerprint density at radius 1 is 1.29 bits per heavy atom. The highest BCUT2D eigenvalue weighted by Gasteiger charge is 2.11. The summed E-state index contributed by atoms with van der Waals surface area (Å²) >= 11 is 0. The maximum atomic E-state index is 5.53. The summed E-state index contributed by atoms with van der Waals surface area (Å²) in [6, 6.07) is 8.16. The molecule has 0 amide bonds. The van der Waals surface area contributed by atoms with Crippen LogP contribution in [-0.2, 0) is 0 Å². The molecule has 0 saturated heterocycles. The highest BCUT2D eigenvalue weighted by atomic mass is 16.5. The number of nitrogens with zero attached hydrogens (tertiary/aromatic N) is 2. The second-order valence-corrected chi connectivity index (χ2v) is 4.97. The third-order valence-corrected chi connectivity index (χ3v) is 3.40. The van der Waals surface area contributed by atoms with E-state index in [4.69, 9.17) is 4.74 Å². The van der Waals surface area contributed by atoms with Crippen LogP contribution in [0.5, 0.6) is 5.75 Å². The van der Waals surface area contributed by atoms with Gasteiger partial charge in [0, 0.05) is 29.1 Å². The summed E-state index contributed by atoms with van der Waals surface area (Å²) in [6.45, 7) is 9.82. The molecule has 1 aromatic carbocycles. The summed E-state index contributed by atoms with van der Waals surface area (Å²) in [6.07, 6.45) is 1.92. The Labute approximate surface area is 126 Å². The Morgan fingerprint density at radius 3 is 2.76 bits per heavy atom. The normalized spacial score (nSPS) is 12.2. The zero-order valence-corrected chi connectivity index (χ0v) is 13.2. The molecule has 112 valence electrons. The SMILES string of the molecule is CCNC(C)c1cnc(-c2cccc(OCC)c2)nc1C. The van der Waals surface area contributed by atoms with E-state index in [9.17, 15) is 0 Å². The van der Waals surface area contributed by atoms with Crippen molar-refractivity contribution in [2.75, 3.05) is 13.2 Å². The number of ether oxygens (including phenoxy) is 1. The van der Waals surface area contributed by atoms with Crippen LogP contribution in [0, 0.1) is 6.92 Å². The monoisotopic (exact) mass is 285 g/mol. The van der Waals surface area contributed by atoms with Crippen LogP contribution in [0.2, 0.25) is 0 Å². The Balaban J connectivity index is 2.29. The molecule has 0 spiro atoms. The molecule has 0 saturated carbocycles. The van der Waals surface area contributed by atoms with E-state index in [0.29, 0.717) is 6.61 Å². The summed E-state index contributed by atoms with van der Waals surface area (Å²) in [5, 5.41) is 3.39. The van der Waals surface area contributed by atoms with E-state index in [2.05, 4.69) is 29.1 Å². The number of benzene rings is 1. The second kappa shape index (κ2) is 7.18. The minimum Gasteiger partial charge on any atom is -0.494 e. The molecule has 0 bridgehead atoms. The maximum absolute atomic E-state index is 5.53.